The highest BCUT2D eigenvalue weighted by molar-refractivity contribution is 5.23. The number of hydrogen-bond donors (Lipinski definition) is 2. The summed E-state index contributed by atoms with van der Waals surface area (Å²) in [6.45, 7) is 10.5. The van der Waals surface area contributed by atoms with Crippen LogP contribution in [0.15, 0.2) is 24.3 Å². The summed E-state index contributed by atoms with van der Waals surface area (Å²) in [6.07, 6.45) is 2.16. The maximum Gasteiger partial charge on any atom is 0.165 e. The van der Waals surface area contributed by atoms with E-state index in [0.717, 1.165) is 12.8 Å². The van der Waals surface area contributed by atoms with Crippen molar-refractivity contribution in [3.05, 3.63) is 30.1 Å². The smallest absolute Gasteiger partial charge is 0.165 e. The molecule has 0 aliphatic carbocycles. The van der Waals surface area contributed by atoms with Crippen molar-refractivity contribution in [3.63, 3.8) is 0 Å². The molecule has 0 amide bonds. The topological polar surface area (TPSA) is 18.1 Å². The number of piperazine rings is 1. The van der Waals surface area contributed by atoms with Gasteiger partial charge in [-0.2, -0.15) is 0 Å². The Hall–Kier alpha value is -1.13. The minimum atomic E-state index is -0.267. The Bertz CT molecular complexity index is 392. The number of quaternary nitrogens is 2. The van der Waals surface area contributed by atoms with Gasteiger partial charge in [0.1, 0.15) is 26.2 Å². The van der Waals surface area contributed by atoms with Gasteiger partial charge in [-0.05, 0) is 31.9 Å². The molecule has 0 aromatic heterocycles. The molecule has 1 heterocycles. The number of unbranched alkanes of at least 4 members (excludes halogenated alkanes) is 1. The van der Waals surface area contributed by atoms with E-state index in [-0.39, 0.29) is 5.82 Å². The molecule has 1 aromatic rings. The molecule has 0 bridgehead atoms. The summed E-state index contributed by atoms with van der Waals surface area (Å²) in [5.41, 5.74) is 0. The quantitative estimate of drug-likeness (QED) is 0.662. The fourth-order valence-corrected chi connectivity index (χ4v) is 2.78. The van der Waals surface area contributed by atoms with E-state index in [1.165, 1.54) is 45.3 Å². The van der Waals surface area contributed by atoms with Crippen LogP contribution in [0.5, 0.6) is 5.75 Å². The molecule has 1 fully saturated rings. The molecule has 0 saturated carbocycles. The summed E-state index contributed by atoms with van der Waals surface area (Å²) in [5.74, 6) is 0.108. The van der Waals surface area contributed by atoms with Crippen molar-refractivity contribution in [2.75, 3.05) is 45.9 Å². The van der Waals surface area contributed by atoms with Gasteiger partial charge in [-0.25, -0.2) is 4.39 Å². The highest BCUT2D eigenvalue weighted by Gasteiger charge is 2.20. The number of likely N-dealkylation sites (N-methyl/N-ethyl adjacent to an activating group) is 1. The summed E-state index contributed by atoms with van der Waals surface area (Å²) < 4.78 is 18.8. The molecular weight excluding hydrogens is 255 g/mol. The van der Waals surface area contributed by atoms with Gasteiger partial charge >= 0.3 is 0 Å². The molecule has 2 rings (SSSR count). The van der Waals surface area contributed by atoms with Crippen LogP contribution in [0.4, 0.5) is 4.39 Å². The average Bonchev–Trinajstić information content (AvgIpc) is 2.49. The van der Waals surface area contributed by atoms with Crippen LogP contribution in [0, 0.1) is 5.82 Å². The van der Waals surface area contributed by atoms with Gasteiger partial charge in [0, 0.05) is 0 Å². The average molecular weight is 282 g/mol. The molecule has 20 heavy (non-hydrogen) atoms. The second-order valence-electron chi connectivity index (χ2n) is 5.59. The molecule has 1 aromatic carbocycles. The maximum atomic E-state index is 13.3. The first-order valence-corrected chi connectivity index (χ1v) is 7.84. The molecule has 1 saturated heterocycles. The molecule has 112 valence electrons. The van der Waals surface area contributed by atoms with E-state index >= 15 is 0 Å². The minimum absolute atomic E-state index is 0.267. The van der Waals surface area contributed by atoms with Crippen molar-refractivity contribution in [2.45, 2.75) is 19.8 Å². The highest BCUT2D eigenvalue weighted by Crippen LogP contribution is 2.15. The highest BCUT2D eigenvalue weighted by atomic mass is 19.1. The van der Waals surface area contributed by atoms with Gasteiger partial charge in [-0.3, -0.25) is 0 Å². The molecule has 0 spiro atoms. The lowest BCUT2D eigenvalue weighted by Gasteiger charge is -2.28. The zero-order valence-corrected chi connectivity index (χ0v) is 12.5. The number of benzene rings is 1. The molecule has 0 radical (unpaired) electrons. The summed E-state index contributed by atoms with van der Waals surface area (Å²) in [5, 5.41) is 0. The minimum Gasteiger partial charge on any atom is -0.491 e. The first-order chi connectivity index (χ1) is 9.79. The van der Waals surface area contributed by atoms with Gasteiger partial charge in [-0.1, -0.05) is 12.1 Å². The number of rotatable bonds is 7. The zero-order valence-electron chi connectivity index (χ0n) is 12.5. The van der Waals surface area contributed by atoms with Crippen molar-refractivity contribution >= 4 is 0 Å². The normalized spacial score (nSPS) is 22.7. The zero-order chi connectivity index (χ0) is 14.2. The van der Waals surface area contributed by atoms with Crippen LogP contribution in [0.2, 0.25) is 0 Å². The van der Waals surface area contributed by atoms with Gasteiger partial charge in [0.2, 0.25) is 0 Å². The lowest BCUT2D eigenvalue weighted by molar-refractivity contribution is -1.01. The van der Waals surface area contributed by atoms with Crippen molar-refractivity contribution in [3.8, 4) is 5.75 Å². The summed E-state index contributed by atoms with van der Waals surface area (Å²) in [4.78, 5) is 3.45. The molecule has 1 aliphatic heterocycles. The summed E-state index contributed by atoms with van der Waals surface area (Å²) in [6, 6.07) is 6.62. The van der Waals surface area contributed by atoms with Gasteiger partial charge in [0.15, 0.2) is 11.6 Å². The van der Waals surface area contributed by atoms with E-state index in [2.05, 4.69) is 6.92 Å². The lowest BCUT2D eigenvalue weighted by Crippen LogP contribution is -3.28. The van der Waals surface area contributed by atoms with Crippen LogP contribution in [-0.2, 0) is 0 Å². The summed E-state index contributed by atoms with van der Waals surface area (Å²) >= 11 is 0. The van der Waals surface area contributed by atoms with Crippen molar-refractivity contribution in [1.29, 1.82) is 0 Å². The molecule has 0 atom stereocenters. The third-order valence-electron chi connectivity index (χ3n) is 4.18. The number of para-hydroxylation sites is 1. The third-order valence-corrected chi connectivity index (χ3v) is 4.18. The Balaban J connectivity index is 1.55. The van der Waals surface area contributed by atoms with Crippen LogP contribution in [-0.4, -0.2) is 45.9 Å². The van der Waals surface area contributed by atoms with Crippen LogP contribution < -0.4 is 14.5 Å². The fourth-order valence-electron chi connectivity index (χ4n) is 2.78. The molecular formula is C16H27FN2O+2. The second kappa shape index (κ2) is 8.22. The van der Waals surface area contributed by atoms with Crippen molar-refractivity contribution in [2.24, 2.45) is 0 Å². The van der Waals surface area contributed by atoms with Crippen LogP contribution in [0.25, 0.3) is 0 Å². The second-order valence-corrected chi connectivity index (χ2v) is 5.59. The Morgan fingerprint density at radius 3 is 2.45 bits per heavy atom. The first kappa shape index (κ1) is 15.3. The Morgan fingerprint density at radius 1 is 1.05 bits per heavy atom. The Labute approximate surface area is 121 Å². The van der Waals surface area contributed by atoms with E-state index < -0.39 is 0 Å². The van der Waals surface area contributed by atoms with Crippen molar-refractivity contribution in [1.82, 2.24) is 0 Å². The van der Waals surface area contributed by atoms with Crippen LogP contribution in [0.3, 0.4) is 0 Å². The SMILES string of the molecule is CC[NH+]1CC[NH+](CCCCOc2ccccc2F)CC1. The molecule has 1 aliphatic rings. The number of halogens is 1. The van der Waals surface area contributed by atoms with Crippen molar-refractivity contribution < 1.29 is 18.9 Å². The predicted molar refractivity (Wildman–Crippen MR) is 77.9 cm³/mol. The number of ether oxygens (including phenoxy) is 1. The molecule has 0 unspecified atom stereocenters. The number of nitrogens with one attached hydrogen (secondary N) is 2. The van der Waals surface area contributed by atoms with Crippen LogP contribution in [0.1, 0.15) is 19.8 Å². The van der Waals surface area contributed by atoms with E-state index in [9.17, 15) is 4.39 Å². The van der Waals surface area contributed by atoms with E-state index in [1.807, 2.05) is 0 Å². The molecule has 3 nitrogen and oxygen atoms in total. The van der Waals surface area contributed by atoms with Gasteiger partial charge < -0.3 is 14.5 Å². The van der Waals surface area contributed by atoms with E-state index in [1.54, 1.807) is 28.0 Å². The van der Waals surface area contributed by atoms with Gasteiger partial charge in [-0.15, -0.1) is 0 Å². The molecule has 4 heteroatoms. The monoisotopic (exact) mass is 282 g/mol. The Morgan fingerprint density at radius 2 is 1.75 bits per heavy atom. The first-order valence-electron chi connectivity index (χ1n) is 7.84. The maximum absolute atomic E-state index is 13.3. The fraction of sp³-hybridized carbons (Fsp3) is 0.625. The number of hydrogen-bond acceptors (Lipinski definition) is 1. The standard InChI is InChI=1S/C16H25FN2O/c1-2-18-10-12-19(13-11-18)9-5-6-14-20-16-8-4-3-7-15(16)17/h3-4,7-8H,2,5-6,9-14H2,1H3/p+2. The van der Waals surface area contributed by atoms with Crippen LogP contribution >= 0.6 is 0 Å². The van der Waals surface area contributed by atoms with Gasteiger partial charge in [0.25, 0.3) is 0 Å². The molecule has 2 N–H and O–H groups in total. The largest absolute Gasteiger partial charge is 0.491 e. The van der Waals surface area contributed by atoms with E-state index in [0.29, 0.717) is 12.4 Å². The third kappa shape index (κ3) is 4.76. The predicted octanol–water partition coefficient (Wildman–Crippen LogP) is -0.212. The lowest BCUT2D eigenvalue weighted by atomic mass is 10.2. The van der Waals surface area contributed by atoms with E-state index in [4.69, 9.17) is 4.74 Å². The Kier molecular flexibility index (Phi) is 6.27. The van der Waals surface area contributed by atoms with Gasteiger partial charge in [0.05, 0.1) is 19.7 Å². The summed E-state index contributed by atoms with van der Waals surface area (Å²) in [7, 11) is 0.